The van der Waals surface area contributed by atoms with Crippen LogP contribution in [0.3, 0.4) is 0 Å². The second-order valence-electron chi connectivity index (χ2n) is 6.86. The SMILES string of the molecule is CCc1cccc(CC)c1NC(=O)CN(C)Cc1ccc2c(c1)OCCO2. The molecule has 2 aromatic carbocycles. The van der Waals surface area contributed by atoms with E-state index in [1.54, 1.807) is 0 Å². The molecule has 3 rings (SSSR count). The molecule has 1 aliphatic rings. The maximum Gasteiger partial charge on any atom is 0.238 e. The van der Waals surface area contributed by atoms with Crippen molar-refractivity contribution >= 4 is 11.6 Å². The van der Waals surface area contributed by atoms with E-state index in [0.29, 0.717) is 26.3 Å². The van der Waals surface area contributed by atoms with E-state index in [1.807, 2.05) is 30.1 Å². The number of amides is 1. The molecule has 1 N–H and O–H groups in total. The molecule has 0 atom stereocenters. The Labute approximate surface area is 161 Å². The molecule has 1 heterocycles. The van der Waals surface area contributed by atoms with Crippen molar-refractivity contribution in [3.63, 3.8) is 0 Å². The number of carbonyl (C=O) groups excluding carboxylic acids is 1. The van der Waals surface area contributed by atoms with Crippen molar-refractivity contribution in [2.24, 2.45) is 0 Å². The Bertz CT molecular complexity index is 782. The minimum Gasteiger partial charge on any atom is -0.486 e. The summed E-state index contributed by atoms with van der Waals surface area (Å²) >= 11 is 0. The third kappa shape index (κ3) is 4.80. The molecule has 0 unspecified atom stereocenters. The standard InChI is InChI=1S/C22H28N2O3/c1-4-17-7-6-8-18(5-2)22(17)23-21(25)15-24(3)14-16-9-10-19-20(13-16)27-12-11-26-19/h6-10,13H,4-5,11-12,14-15H2,1-3H3,(H,23,25). The molecule has 0 saturated heterocycles. The lowest BCUT2D eigenvalue weighted by atomic mass is 10.0. The first-order chi connectivity index (χ1) is 13.1. The molecule has 1 aliphatic heterocycles. The van der Waals surface area contributed by atoms with E-state index in [2.05, 4.69) is 37.4 Å². The van der Waals surface area contributed by atoms with E-state index < -0.39 is 0 Å². The molecule has 0 saturated carbocycles. The number of ether oxygens (including phenoxy) is 2. The Morgan fingerprint density at radius 2 is 1.70 bits per heavy atom. The van der Waals surface area contributed by atoms with Crippen LogP contribution in [0.15, 0.2) is 36.4 Å². The third-order valence-electron chi connectivity index (χ3n) is 4.74. The molecule has 5 nitrogen and oxygen atoms in total. The number of nitrogens with zero attached hydrogens (tertiary/aromatic N) is 1. The molecule has 0 bridgehead atoms. The average molecular weight is 368 g/mol. The van der Waals surface area contributed by atoms with Gasteiger partial charge in [0.2, 0.25) is 5.91 Å². The van der Waals surface area contributed by atoms with E-state index >= 15 is 0 Å². The zero-order valence-corrected chi connectivity index (χ0v) is 16.4. The molecule has 0 radical (unpaired) electrons. The van der Waals surface area contributed by atoms with E-state index in [-0.39, 0.29) is 5.91 Å². The van der Waals surface area contributed by atoms with Crippen LogP contribution in [0, 0.1) is 0 Å². The summed E-state index contributed by atoms with van der Waals surface area (Å²) in [5.41, 5.74) is 4.42. The van der Waals surface area contributed by atoms with Gasteiger partial charge in [-0.1, -0.05) is 38.1 Å². The largest absolute Gasteiger partial charge is 0.486 e. The summed E-state index contributed by atoms with van der Waals surface area (Å²) in [6, 6.07) is 12.2. The van der Waals surface area contributed by atoms with Crippen LogP contribution in [-0.4, -0.2) is 37.6 Å². The topological polar surface area (TPSA) is 50.8 Å². The van der Waals surface area contributed by atoms with Crippen LogP contribution in [0.4, 0.5) is 5.69 Å². The maximum atomic E-state index is 12.6. The molecule has 27 heavy (non-hydrogen) atoms. The minimum atomic E-state index is 0.00523. The van der Waals surface area contributed by atoms with Crippen molar-refractivity contribution in [2.75, 3.05) is 32.1 Å². The fourth-order valence-corrected chi connectivity index (χ4v) is 3.38. The summed E-state index contributed by atoms with van der Waals surface area (Å²) in [6.07, 6.45) is 1.80. The summed E-state index contributed by atoms with van der Waals surface area (Å²) in [4.78, 5) is 14.6. The van der Waals surface area contributed by atoms with Crippen LogP contribution >= 0.6 is 0 Å². The Morgan fingerprint density at radius 1 is 1.04 bits per heavy atom. The first-order valence-corrected chi connectivity index (χ1v) is 9.58. The van der Waals surface area contributed by atoms with Crippen molar-refractivity contribution in [2.45, 2.75) is 33.2 Å². The summed E-state index contributed by atoms with van der Waals surface area (Å²) in [5, 5.41) is 3.12. The van der Waals surface area contributed by atoms with Gasteiger partial charge in [-0.2, -0.15) is 0 Å². The zero-order chi connectivity index (χ0) is 19.2. The first kappa shape index (κ1) is 19.2. The minimum absolute atomic E-state index is 0.00523. The molecular weight excluding hydrogens is 340 g/mol. The van der Waals surface area contributed by atoms with Crippen LogP contribution in [0.5, 0.6) is 11.5 Å². The van der Waals surface area contributed by atoms with E-state index in [9.17, 15) is 4.79 Å². The summed E-state index contributed by atoms with van der Waals surface area (Å²) in [6.45, 7) is 6.38. The number of hydrogen-bond donors (Lipinski definition) is 1. The second-order valence-corrected chi connectivity index (χ2v) is 6.86. The van der Waals surface area contributed by atoms with Gasteiger partial charge in [0, 0.05) is 12.2 Å². The van der Waals surface area contributed by atoms with Gasteiger partial charge in [0.05, 0.1) is 6.54 Å². The lowest BCUT2D eigenvalue weighted by molar-refractivity contribution is -0.117. The van der Waals surface area contributed by atoms with Crippen LogP contribution in [0.25, 0.3) is 0 Å². The highest BCUT2D eigenvalue weighted by molar-refractivity contribution is 5.93. The number of para-hydroxylation sites is 1. The van der Waals surface area contributed by atoms with Crippen molar-refractivity contribution in [1.29, 1.82) is 0 Å². The molecular formula is C22H28N2O3. The van der Waals surface area contributed by atoms with Gasteiger partial charge in [-0.3, -0.25) is 9.69 Å². The van der Waals surface area contributed by atoms with Crippen molar-refractivity contribution < 1.29 is 14.3 Å². The van der Waals surface area contributed by atoms with Crippen molar-refractivity contribution in [3.8, 4) is 11.5 Å². The first-order valence-electron chi connectivity index (χ1n) is 9.58. The quantitative estimate of drug-likeness (QED) is 0.810. The van der Waals surface area contributed by atoms with Crippen LogP contribution in [0.2, 0.25) is 0 Å². The molecule has 1 amide bonds. The average Bonchev–Trinajstić information content (AvgIpc) is 2.67. The third-order valence-corrected chi connectivity index (χ3v) is 4.74. The molecule has 0 aromatic heterocycles. The number of rotatable bonds is 7. The predicted molar refractivity (Wildman–Crippen MR) is 108 cm³/mol. The maximum absolute atomic E-state index is 12.6. The highest BCUT2D eigenvalue weighted by Gasteiger charge is 2.15. The smallest absolute Gasteiger partial charge is 0.238 e. The molecule has 0 aliphatic carbocycles. The van der Waals surface area contributed by atoms with Crippen molar-refractivity contribution in [3.05, 3.63) is 53.1 Å². The molecule has 144 valence electrons. The highest BCUT2D eigenvalue weighted by Crippen LogP contribution is 2.31. The number of likely N-dealkylation sites (N-methyl/N-ethyl adjacent to an activating group) is 1. The van der Waals surface area contributed by atoms with E-state index in [0.717, 1.165) is 35.6 Å². The van der Waals surface area contributed by atoms with Crippen LogP contribution in [0.1, 0.15) is 30.5 Å². The Kier molecular flexibility index (Phi) is 6.35. The number of hydrogen-bond acceptors (Lipinski definition) is 4. The van der Waals surface area contributed by atoms with Crippen molar-refractivity contribution in [1.82, 2.24) is 4.90 Å². The van der Waals surface area contributed by atoms with Gasteiger partial charge >= 0.3 is 0 Å². The van der Waals surface area contributed by atoms with E-state index in [4.69, 9.17) is 9.47 Å². The van der Waals surface area contributed by atoms with Gasteiger partial charge in [-0.05, 0) is 48.7 Å². The molecule has 0 fully saturated rings. The summed E-state index contributed by atoms with van der Waals surface area (Å²) in [7, 11) is 1.95. The number of anilines is 1. The van der Waals surface area contributed by atoms with E-state index in [1.165, 1.54) is 11.1 Å². The number of aryl methyl sites for hydroxylation is 2. The fraction of sp³-hybridized carbons (Fsp3) is 0.409. The van der Waals surface area contributed by atoms with Gasteiger partial charge in [0.1, 0.15) is 13.2 Å². The molecule has 5 heteroatoms. The normalized spacial score (nSPS) is 12.9. The second kappa shape index (κ2) is 8.91. The lowest BCUT2D eigenvalue weighted by Crippen LogP contribution is -2.30. The molecule has 2 aromatic rings. The van der Waals surface area contributed by atoms with Gasteiger partial charge in [-0.25, -0.2) is 0 Å². The Balaban J connectivity index is 1.61. The Hall–Kier alpha value is -2.53. The van der Waals surface area contributed by atoms with Crippen LogP contribution < -0.4 is 14.8 Å². The number of carbonyl (C=O) groups is 1. The molecule has 0 spiro atoms. The fourth-order valence-electron chi connectivity index (χ4n) is 3.38. The predicted octanol–water partition coefficient (Wildman–Crippen LogP) is 3.65. The zero-order valence-electron chi connectivity index (χ0n) is 16.4. The summed E-state index contributed by atoms with van der Waals surface area (Å²) in [5.74, 6) is 1.57. The summed E-state index contributed by atoms with van der Waals surface area (Å²) < 4.78 is 11.2. The number of nitrogens with one attached hydrogen (secondary N) is 1. The van der Waals surface area contributed by atoms with Gasteiger partial charge in [0.25, 0.3) is 0 Å². The highest BCUT2D eigenvalue weighted by atomic mass is 16.6. The monoisotopic (exact) mass is 368 g/mol. The van der Waals surface area contributed by atoms with Crippen LogP contribution in [-0.2, 0) is 24.2 Å². The van der Waals surface area contributed by atoms with Gasteiger partial charge in [0.15, 0.2) is 11.5 Å². The van der Waals surface area contributed by atoms with Gasteiger partial charge < -0.3 is 14.8 Å². The lowest BCUT2D eigenvalue weighted by Gasteiger charge is -2.21. The number of fused-ring (bicyclic) bond motifs is 1. The Morgan fingerprint density at radius 3 is 2.37 bits per heavy atom. The van der Waals surface area contributed by atoms with Gasteiger partial charge in [-0.15, -0.1) is 0 Å². The number of benzene rings is 2.